The fraction of sp³-hybridized carbons (Fsp3) is 0.0714. The number of aromatic hydroxyl groups is 1. The Bertz CT molecular complexity index is 917. The van der Waals surface area contributed by atoms with Gasteiger partial charge in [0.05, 0.1) is 11.8 Å². The highest BCUT2D eigenvalue weighted by Crippen LogP contribution is 2.34. The molecule has 3 rings (SSSR count). The van der Waals surface area contributed by atoms with Crippen molar-refractivity contribution in [3.8, 4) is 16.5 Å². The van der Waals surface area contributed by atoms with Crippen molar-refractivity contribution < 1.29 is 18.7 Å². The van der Waals surface area contributed by atoms with Gasteiger partial charge in [0.15, 0.2) is 5.69 Å². The second-order valence-corrected chi connectivity index (χ2v) is 5.82. The van der Waals surface area contributed by atoms with Crippen LogP contribution in [0.5, 0.6) is 5.88 Å². The average Bonchev–Trinajstić information content (AvgIpc) is 3.05. The number of nitrogens with one attached hydrogen (secondary N) is 1. The van der Waals surface area contributed by atoms with E-state index in [1.807, 2.05) is 0 Å². The average molecular weight is 351 g/mol. The molecule has 2 aromatic heterocycles. The Morgan fingerprint density at radius 3 is 2.62 bits per heavy atom. The van der Waals surface area contributed by atoms with Gasteiger partial charge in [0.1, 0.15) is 27.3 Å². The molecular formula is C14H11F2N5O2S. The zero-order chi connectivity index (χ0) is 17.4. The van der Waals surface area contributed by atoms with E-state index >= 15 is 0 Å². The van der Waals surface area contributed by atoms with E-state index in [1.165, 1.54) is 19.3 Å². The maximum Gasteiger partial charge on any atom is 0.277 e. The number of thiazole rings is 1. The first-order valence-electron chi connectivity index (χ1n) is 6.61. The van der Waals surface area contributed by atoms with E-state index in [-0.39, 0.29) is 32.8 Å². The molecule has 7 nitrogen and oxygen atoms in total. The number of hydrogen-bond donors (Lipinski definition) is 3. The Morgan fingerprint density at radius 1 is 1.38 bits per heavy atom. The Labute approximate surface area is 138 Å². The van der Waals surface area contributed by atoms with Gasteiger partial charge < -0.3 is 16.2 Å². The molecule has 0 fully saturated rings. The molecule has 10 heteroatoms. The van der Waals surface area contributed by atoms with E-state index in [1.54, 1.807) is 0 Å². The van der Waals surface area contributed by atoms with E-state index in [2.05, 4.69) is 15.4 Å². The molecule has 3 aromatic rings. The normalized spacial score (nSPS) is 10.8. The van der Waals surface area contributed by atoms with Gasteiger partial charge in [0.25, 0.3) is 5.91 Å². The summed E-state index contributed by atoms with van der Waals surface area (Å²) in [6, 6.07) is 3.40. The van der Waals surface area contributed by atoms with Crippen LogP contribution in [0, 0.1) is 11.6 Å². The molecule has 0 atom stereocenters. The van der Waals surface area contributed by atoms with Crippen LogP contribution in [0.25, 0.3) is 10.6 Å². The lowest BCUT2D eigenvalue weighted by molar-refractivity contribution is 0.102. The molecule has 0 saturated carbocycles. The van der Waals surface area contributed by atoms with Gasteiger partial charge in [-0.3, -0.25) is 4.79 Å². The summed E-state index contributed by atoms with van der Waals surface area (Å²) in [5.74, 6) is -2.59. The second kappa shape index (κ2) is 5.89. The van der Waals surface area contributed by atoms with Crippen molar-refractivity contribution in [1.82, 2.24) is 14.8 Å². The summed E-state index contributed by atoms with van der Waals surface area (Å²) < 4.78 is 28.8. The molecular weight excluding hydrogens is 340 g/mol. The SMILES string of the molecule is Cn1ncc(NC(=O)c2nc(-c3c(F)cccc3F)sc2N)c1O. The molecule has 0 radical (unpaired) electrons. The van der Waals surface area contributed by atoms with E-state index in [9.17, 15) is 18.7 Å². The van der Waals surface area contributed by atoms with Gasteiger partial charge in [-0.1, -0.05) is 17.4 Å². The fourth-order valence-corrected chi connectivity index (χ4v) is 2.88. The maximum atomic E-state index is 13.8. The first-order valence-corrected chi connectivity index (χ1v) is 7.43. The second-order valence-electron chi connectivity index (χ2n) is 4.79. The van der Waals surface area contributed by atoms with Crippen molar-refractivity contribution in [3.63, 3.8) is 0 Å². The monoisotopic (exact) mass is 351 g/mol. The lowest BCUT2D eigenvalue weighted by Gasteiger charge is -2.02. The summed E-state index contributed by atoms with van der Waals surface area (Å²) in [6.07, 6.45) is 1.24. The number of amides is 1. The Morgan fingerprint density at radius 2 is 2.04 bits per heavy atom. The van der Waals surface area contributed by atoms with E-state index in [4.69, 9.17) is 5.73 Å². The molecule has 0 spiro atoms. The van der Waals surface area contributed by atoms with Gasteiger partial charge in [-0.2, -0.15) is 5.10 Å². The summed E-state index contributed by atoms with van der Waals surface area (Å²) in [5, 5.41) is 15.8. The van der Waals surface area contributed by atoms with Gasteiger partial charge in [0.2, 0.25) is 5.88 Å². The van der Waals surface area contributed by atoms with E-state index in [0.29, 0.717) is 0 Å². The molecule has 0 saturated heterocycles. The predicted octanol–water partition coefficient (Wildman–Crippen LogP) is 2.36. The summed E-state index contributed by atoms with van der Waals surface area (Å²) in [6.45, 7) is 0. The van der Waals surface area contributed by atoms with Crippen molar-refractivity contribution in [2.75, 3.05) is 11.1 Å². The number of halogens is 2. The lowest BCUT2D eigenvalue weighted by atomic mass is 10.2. The van der Waals surface area contributed by atoms with Crippen LogP contribution in [-0.2, 0) is 7.05 Å². The Kier molecular flexibility index (Phi) is 3.89. The highest BCUT2D eigenvalue weighted by molar-refractivity contribution is 7.19. The molecule has 0 aliphatic carbocycles. The molecule has 2 heterocycles. The summed E-state index contributed by atoms with van der Waals surface area (Å²) in [7, 11) is 1.49. The third-order valence-corrected chi connectivity index (χ3v) is 4.10. The number of rotatable bonds is 3. The maximum absolute atomic E-state index is 13.8. The summed E-state index contributed by atoms with van der Waals surface area (Å²) in [4.78, 5) is 16.2. The van der Waals surface area contributed by atoms with Crippen molar-refractivity contribution in [3.05, 3.63) is 41.7 Å². The molecule has 1 aromatic carbocycles. The number of aryl methyl sites for hydroxylation is 1. The number of aromatic nitrogens is 3. The van der Waals surface area contributed by atoms with Crippen molar-refractivity contribution in [2.24, 2.45) is 7.05 Å². The first-order chi connectivity index (χ1) is 11.4. The van der Waals surface area contributed by atoms with Crippen molar-refractivity contribution >= 4 is 27.9 Å². The van der Waals surface area contributed by atoms with E-state index in [0.717, 1.165) is 28.2 Å². The van der Waals surface area contributed by atoms with E-state index < -0.39 is 17.5 Å². The number of carbonyl (C=O) groups excluding carboxylic acids is 1. The predicted molar refractivity (Wildman–Crippen MR) is 84.7 cm³/mol. The van der Waals surface area contributed by atoms with Crippen LogP contribution in [0.3, 0.4) is 0 Å². The van der Waals surface area contributed by atoms with Crippen LogP contribution in [0.15, 0.2) is 24.4 Å². The molecule has 0 aliphatic heterocycles. The molecule has 24 heavy (non-hydrogen) atoms. The Hall–Kier alpha value is -3.01. The quantitative estimate of drug-likeness (QED) is 0.672. The first kappa shape index (κ1) is 15.9. The van der Waals surface area contributed by atoms with Gasteiger partial charge in [-0.05, 0) is 12.1 Å². The summed E-state index contributed by atoms with van der Waals surface area (Å²) in [5.41, 5.74) is 5.26. The van der Waals surface area contributed by atoms with Crippen LogP contribution in [0.2, 0.25) is 0 Å². The Balaban J connectivity index is 1.94. The molecule has 124 valence electrons. The number of nitrogen functional groups attached to an aromatic ring is 1. The minimum Gasteiger partial charge on any atom is -0.492 e. The molecule has 0 aliphatic rings. The minimum absolute atomic E-state index is 0.00599. The smallest absolute Gasteiger partial charge is 0.277 e. The van der Waals surface area contributed by atoms with Crippen LogP contribution >= 0.6 is 11.3 Å². The standard InChI is InChI=1S/C14H11F2N5O2S/c1-21-14(23)8(5-18-21)19-12(22)10-11(17)24-13(20-10)9-6(15)3-2-4-7(9)16/h2-5,23H,17H2,1H3,(H,19,22). The van der Waals surface area contributed by atoms with Crippen molar-refractivity contribution in [1.29, 1.82) is 0 Å². The van der Waals surface area contributed by atoms with Crippen LogP contribution in [-0.4, -0.2) is 25.8 Å². The molecule has 4 N–H and O–H groups in total. The number of benzene rings is 1. The zero-order valence-electron chi connectivity index (χ0n) is 12.2. The number of nitrogens with zero attached hydrogens (tertiary/aromatic N) is 3. The number of anilines is 2. The minimum atomic E-state index is -0.805. The third-order valence-electron chi connectivity index (χ3n) is 3.20. The molecule has 1 amide bonds. The summed E-state index contributed by atoms with van der Waals surface area (Å²) >= 11 is 0.787. The fourth-order valence-electron chi connectivity index (χ4n) is 2.00. The van der Waals surface area contributed by atoms with Crippen molar-refractivity contribution in [2.45, 2.75) is 0 Å². The van der Waals surface area contributed by atoms with Crippen LogP contribution in [0.4, 0.5) is 19.5 Å². The van der Waals surface area contributed by atoms with Crippen LogP contribution < -0.4 is 11.1 Å². The molecule has 0 bridgehead atoms. The highest BCUT2D eigenvalue weighted by Gasteiger charge is 2.22. The third kappa shape index (κ3) is 2.67. The lowest BCUT2D eigenvalue weighted by Crippen LogP contribution is -2.13. The zero-order valence-corrected chi connectivity index (χ0v) is 13.1. The highest BCUT2D eigenvalue weighted by atomic mass is 32.1. The van der Waals surface area contributed by atoms with Crippen LogP contribution in [0.1, 0.15) is 10.5 Å². The number of nitrogens with two attached hydrogens (primary N) is 1. The van der Waals surface area contributed by atoms with Gasteiger partial charge in [-0.25, -0.2) is 18.4 Å². The van der Waals surface area contributed by atoms with Gasteiger partial charge in [-0.15, -0.1) is 0 Å². The molecule has 0 unspecified atom stereocenters. The topological polar surface area (TPSA) is 106 Å². The van der Waals surface area contributed by atoms with Gasteiger partial charge in [0, 0.05) is 7.05 Å². The van der Waals surface area contributed by atoms with Gasteiger partial charge >= 0.3 is 0 Å². The number of hydrogen-bond acceptors (Lipinski definition) is 6. The number of carbonyl (C=O) groups is 1. The largest absolute Gasteiger partial charge is 0.492 e.